The molecule has 0 spiro atoms. The Morgan fingerprint density at radius 1 is 1.32 bits per heavy atom. The highest BCUT2D eigenvalue weighted by Gasteiger charge is 2.53. The van der Waals surface area contributed by atoms with Gasteiger partial charge in [-0.3, -0.25) is 9.80 Å². The van der Waals surface area contributed by atoms with Gasteiger partial charge < -0.3 is 15.0 Å². The van der Waals surface area contributed by atoms with Gasteiger partial charge in [-0.05, 0) is 66.8 Å². The van der Waals surface area contributed by atoms with E-state index < -0.39 is 0 Å². The summed E-state index contributed by atoms with van der Waals surface area (Å²) in [5.74, 6) is 1.99. The Morgan fingerprint density at radius 2 is 1.95 bits per heavy atom. The normalized spacial score (nSPS) is 36.7. The Morgan fingerprint density at radius 3 is 2.45 bits per heavy atom. The zero-order valence-electron chi connectivity index (χ0n) is 15.2. The van der Waals surface area contributed by atoms with Crippen LogP contribution in [0.5, 0.6) is 0 Å². The first-order chi connectivity index (χ1) is 10.4. The lowest BCUT2D eigenvalue weighted by Crippen LogP contribution is -2.74. The van der Waals surface area contributed by atoms with Gasteiger partial charge in [-0.2, -0.15) is 0 Å². The molecule has 0 bridgehead atoms. The Balaban J connectivity index is 1.82. The Hall–Kier alpha value is 0.150. The van der Waals surface area contributed by atoms with Gasteiger partial charge >= 0.3 is 0 Å². The first-order valence-corrected chi connectivity index (χ1v) is 9.44. The number of hydrogen-bond donors (Lipinski definition) is 1. The van der Waals surface area contributed by atoms with E-state index in [0.717, 1.165) is 5.92 Å². The number of nitrogens with one attached hydrogen (secondary N) is 1. The Kier molecular flexibility index (Phi) is 6.57. The Bertz CT molecular complexity index is 357. The van der Waals surface area contributed by atoms with Crippen molar-refractivity contribution in [1.29, 1.82) is 0 Å². The van der Waals surface area contributed by atoms with Gasteiger partial charge in [-0.15, -0.1) is 11.8 Å². The first kappa shape index (κ1) is 18.5. The average molecular weight is 331 g/mol. The number of likely N-dealkylation sites (N-methyl/N-ethyl adjacent to an activating group) is 3. The summed E-state index contributed by atoms with van der Waals surface area (Å²) >= 11 is 2.10. The molecular weight excluding hydrogens is 296 g/mol. The fraction of sp³-hybridized carbons (Fsp3) is 1.00. The fourth-order valence-electron chi connectivity index (χ4n) is 3.31. The lowest BCUT2D eigenvalue weighted by molar-refractivity contribution is -0.0483. The molecule has 0 amide bonds. The van der Waals surface area contributed by atoms with Crippen molar-refractivity contribution in [2.24, 2.45) is 5.92 Å². The van der Waals surface area contributed by atoms with Crippen molar-refractivity contribution >= 4 is 11.8 Å². The summed E-state index contributed by atoms with van der Waals surface area (Å²) in [4.78, 5) is 7.15. The summed E-state index contributed by atoms with van der Waals surface area (Å²) in [7, 11) is 10.8. The smallest absolute Gasteiger partial charge is 0.137 e. The van der Waals surface area contributed by atoms with Crippen LogP contribution in [-0.4, -0.2) is 92.1 Å². The van der Waals surface area contributed by atoms with E-state index in [-0.39, 0.29) is 0 Å². The van der Waals surface area contributed by atoms with Crippen molar-refractivity contribution in [3.05, 3.63) is 0 Å². The second-order valence-corrected chi connectivity index (χ2v) is 8.36. The third kappa shape index (κ3) is 4.16. The van der Waals surface area contributed by atoms with Crippen LogP contribution in [0, 0.1) is 5.92 Å². The van der Waals surface area contributed by atoms with Crippen LogP contribution in [0.15, 0.2) is 0 Å². The lowest BCUT2D eigenvalue weighted by Gasteiger charge is -2.56. The molecule has 1 N–H and O–H groups in total. The molecule has 6 unspecified atom stereocenters. The minimum absolute atomic E-state index is 0.309. The maximum atomic E-state index is 5.67. The van der Waals surface area contributed by atoms with Crippen molar-refractivity contribution in [3.8, 4) is 0 Å². The molecule has 2 rings (SSSR count). The van der Waals surface area contributed by atoms with Gasteiger partial charge in [-0.25, -0.2) is 0 Å². The highest BCUT2D eigenvalue weighted by Crippen LogP contribution is 2.39. The minimum atomic E-state index is 0.309. The highest BCUT2D eigenvalue weighted by atomic mass is 32.2. The second kappa shape index (κ2) is 7.81. The van der Waals surface area contributed by atoms with Crippen molar-refractivity contribution < 1.29 is 4.74 Å². The second-order valence-electron chi connectivity index (χ2n) is 7.21. The maximum absolute atomic E-state index is 5.67. The van der Waals surface area contributed by atoms with E-state index in [1.807, 2.05) is 0 Å². The van der Waals surface area contributed by atoms with Gasteiger partial charge in [0, 0.05) is 0 Å². The van der Waals surface area contributed by atoms with Gasteiger partial charge in [0.15, 0.2) is 0 Å². The molecule has 6 heteroatoms. The molecule has 0 aromatic rings. The van der Waals surface area contributed by atoms with Gasteiger partial charge in [0.05, 0.1) is 23.7 Å². The van der Waals surface area contributed by atoms with E-state index in [1.54, 1.807) is 0 Å². The summed E-state index contributed by atoms with van der Waals surface area (Å²) in [6, 6.07) is 0.524. The summed E-state index contributed by atoms with van der Waals surface area (Å²) in [6.07, 6.45) is 2.40. The van der Waals surface area contributed by atoms with Crippen LogP contribution in [0.1, 0.15) is 20.3 Å². The molecule has 2 saturated heterocycles. The van der Waals surface area contributed by atoms with Gasteiger partial charge in [0.2, 0.25) is 0 Å². The zero-order chi connectivity index (χ0) is 16.4. The summed E-state index contributed by atoms with van der Waals surface area (Å²) in [6.45, 7) is 5.71. The van der Waals surface area contributed by atoms with E-state index in [1.165, 1.54) is 18.7 Å². The third-order valence-electron chi connectivity index (χ3n) is 4.92. The first-order valence-electron chi connectivity index (χ1n) is 8.39. The quantitative estimate of drug-likeness (QED) is 0.639. The number of likely N-dealkylation sites (tertiary alicyclic amines) is 1. The lowest BCUT2D eigenvalue weighted by atomic mass is 10.0. The van der Waals surface area contributed by atoms with Gasteiger partial charge in [0.1, 0.15) is 6.23 Å². The molecule has 6 atom stereocenters. The number of thioether (sulfide) groups is 1. The number of ether oxygens (including phenoxy) is 1. The average Bonchev–Trinajstić information content (AvgIpc) is 3.19. The molecule has 2 fully saturated rings. The summed E-state index contributed by atoms with van der Waals surface area (Å²) in [5, 5.41) is 4.00. The molecule has 0 saturated carbocycles. The van der Waals surface area contributed by atoms with Crippen molar-refractivity contribution in [2.45, 2.75) is 50.2 Å². The third-order valence-corrected chi connectivity index (χ3v) is 6.64. The maximum Gasteiger partial charge on any atom is 0.137 e. The number of hydrogen-bond acceptors (Lipinski definition) is 6. The van der Waals surface area contributed by atoms with E-state index >= 15 is 0 Å². The largest absolute Gasteiger partial charge is 0.353 e. The van der Waals surface area contributed by atoms with Crippen molar-refractivity contribution in [1.82, 2.24) is 20.0 Å². The van der Waals surface area contributed by atoms with E-state index in [2.05, 4.69) is 80.9 Å². The standard InChI is InChI=1S/C16H34N4OS/c1-11(8-9-18(4)5)10-22-16-13(14(17-3)20(16)7)19(6)15-12(2)21-15/h11-17H,8-10H2,1-7H3. The molecule has 0 radical (unpaired) electrons. The molecule has 2 heterocycles. The van der Waals surface area contributed by atoms with Crippen molar-refractivity contribution in [2.75, 3.05) is 47.5 Å². The van der Waals surface area contributed by atoms with Crippen LogP contribution in [0.3, 0.4) is 0 Å². The molecule has 0 aromatic carbocycles. The molecule has 0 aliphatic carbocycles. The number of nitrogens with zero attached hydrogens (tertiary/aromatic N) is 3. The van der Waals surface area contributed by atoms with E-state index in [4.69, 9.17) is 4.74 Å². The molecule has 0 aromatic heterocycles. The SMILES string of the molecule is CNC1C(N(C)C2OC2C)C(SCC(C)CCN(C)C)N1C. The van der Waals surface area contributed by atoms with Crippen LogP contribution in [0.25, 0.3) is 0 Å². The molecule has 2 aliphatic rings. The highest BCUT2D eigenvalue weighted by molar-refractivity contribution is 7.99. The molecule has 5 nitrogen and oxygen atoms in total. The minimum Gasteiger partial charge on any atom is -0.353 e. The van der Waals surface area contributed by atoms with Crippen LogP contribution >= 0.6 is 11.8 Å². The molecular formula is C16H34N4OS. The summed E-state index contributed by atoms with van der Waals surface area (Å²) < 4.78 is 5.67. The fourth-order valence-corrected chi connectivity index (χ4v) is 4.90. The van der Waals surface area contributed by atoms with Crippen LogP contribution < -0.4 is 5.32 Å². The molecule has 2 aliphatic heterocycles. The predicted octanol–water partition coefficient (Wildman–Crippen LogP) is 1.17. The monoisotopic (exact) mass is 330 g/mol. The topological polar surface area (TPSA) is 34.3 Å². The van der Waals surface area contributed by atoms with Crippen molar-refractivity contribution in [3.63, 3.8) is 0 Å². The van der Waals surface area contributed by atoms with Crippen LogP contribution in [-0.2, 0) is 4.74 Å². The molecule has 22 heavy (non-hydrogen) atoms. The van der Waals surface area contributed by atoms with Crippen LogP contribution in [0.2, 0.25) is 0 Å². The van der Waals surface area contributed by atoms with Gasteiger partial charge in [0.25, 0.3) is 0 Å². The van der Waals surface area contributed by atoms with Gasteiger partial charge in [-0.1, -0.05) is 6.92 Å². The number of rotatable bonds is 9. The van der Waals surface area contributed by atoms with Crippen LogP contribution in [0.4, 0.5) is 0 Å². The Labute approximate surface area is 140 Å². The van der Waals surface area contributed by atoms with E-state index in [9.17, 15) is 0 Å². The zero-order valence-corrected chi connectivity index (χ0v) is 16.1. The number of epoxide rings is 1. The summed E-state index contributed by atoms with van der Waals surface area (Å²) in [5.41, 5.74) is 0. The van der Waals surface area contributed by atoms with E-state index in [0.29, 0.717) is 29.9 Å². The predicted molar refractivity (Wildman–Crippen MR) is 95.1 cm³/mol. The molecule has 130 valence electrons.